The van der Waals surface area contributed by atoms with Crippen LogP contribution in [-0.2, 0) is 9.47 Å². The fourth-order valence-corrected chi connectivity index (χ4v) is 5.10. The molecule has 27 heavy (non-hydrogen) atoms. The van der Waals surface area contributed by atoms with Gasteiger partial charge in [-0.25, -0.2) is 8.78 Å². The molecule has 0 spiro atoms. The molecule has 3 aliphatic rings. The van der Waals surface area contributed by atoms with Gasteiger partial charge in [-0.3, -0.25) is 0 Å². The summed E-state index contributed by atoms with van der Waals surface area (Å²) in [6.07, 6.45) is 12.1. The molecule has 0 heterocycles. The van der Waals surface area contributed by atoms with Crippen LogP contribution in [-0.4, -0.2) is 37.8 Å². The lowest BCUT2D eigenvalue weighted by Crippen LogP contribution is -2.47. The van der Waals surface area contributed by atoms with Crippen LogP contribution in [0.4, 0.5) is 8.78 Å². The molecule has 0 bridgehead atoms. The maximum atomic E-state index is 14.6. The number of alkyl halides is 2. The van der Waals surface area contributed by atoms with Crippen molar-refractivity contribution < 1.29 is 18.3 Å². The molecule has 0 radical (unpaired) electrons. The van der Waals surface area contributed by atoms with Gasteiger partial charge in [0, 0.05) is 13.2 Å². The Morgan fingerprint density at radius 3 is 1.74 bits per heavy atom. The molecule has 0 aliphatic heterocycles. The Labute approximate surface area is 164 Å². The topological polar surface area (TPSA) is 18.5 Å². The van der Waals surface area contributed by atoms with Crippen molar-refractivity contribution in [3.63, 3.8) is 0 Å². The summed E-state index contributed by atoms with van der Waals surface area (Å²) in [6, 6.07) is 0. The average molecular weight is 385 g/mol. The van der Waals surface area contributed by atoms with E-state index in [9.17, 15) is 8.78 Å². The molecule has 0 saturated heterocycles. The lowest BCUT2D eigenvalue weighted by molar-refractivity contribution is -0.128. The van der Waals surface area contributed by atoms with Gasteiger partial charge in [0.15, 0.2) is 12.3 Å². The van der Waals surface area contributed by atoms with Gasteiger partial charge in [-0.15, -0.1) is 0 Å². The number of halogens is 2. The van der Waals surface area contributed by atoms with Crippen LogP contribution < -0.4 is 0 Å². The number of ether oxygens (including phenoxy) is 2. The molecular weight excluding hydrogens is 346 g/mol. The molecule has 156 valence electrons. The van der Waals surface area contributed by atoms with Crippen molar-refractivity contribution >= 4 is 0 Å². The molecule has 0 aromatic rings. The van der Waals surface area contributed by atoms with E-state index in [0.29, 0.717) is 43.8 Å². The van der Waals surface area contributed by atoms with Crippen LogP contribution in [0.2, 0.25) is 0 Å². The molecule has 0 N–H and O–H groups in total. The van der Waals surface area contributed by atoms with Crippen LogP contribution in [0.3, 0.4) is 0 Å². The van der Waals surface area contributed by atoms with E-state index in [4.69, 9.17) is 9.47 Å². The van der Waals surface area contributed by atoms with Crippen LogP contribution in [0, 0.1) is 17.8 Å². The molecule has 0 amide bonds. The normalized spacial score (nSPS) is 39.1. The van der Waals surface area contributed by atoms with Gasteiger partial charge < -0.3 is 9.47 Å². The van der Waals surface area contributed by atoms with E-state index < -0.39 is 24.6 Å². The fraction of sp³-hybridized carbons (Fsp3) is 0.913. The Kier molecular flexibility index (Phi) is 8.57. The third-order valence-electron chi connectivity index (χ3n) is 6.92. The van der Waals surface area contributed by atoms with Crippen molar-refractivity contribution in [1.29, 1.82) is 0 Å². The molecule has 0 aromatic carbocycles. The van der Waals surface area contributed by atoms with Gasteiger partial charge in [0.1, 0.15) is 0 Å². The SMILES string of the molecule is C/C=C/C1CCC(COC2CCC(OCC3CCCCC3)C(F)C2F)CC1. The first-order chi connectivity index (χ1) is 13.2. The van der Waals surface area contributed by atoms with Crippen LogP contribution in [0.15, 0.2) is 12.2 Å². The van der Waals surface area contributed by atoms with Gasteiger partial charge in [0.2, 0.25) is 0 Å². The van der Waals surface area contributed by atoms with E-state index >= 15 is 0 Å². The van der Waals surface area contributed by atoms with E-state index in [2.05, 4.69) is 19.1 Å². The van der Waals surface area contributed by atoms with E-state index in [0.717, 1.165) is 12.8 Å². The minimum Gasteiger partial charge on any atom is -0.375 e. The summed E-state index contributed by atoms with van der Waals surface area (Å²) in [5.74, 6) is 1.72. The third kappa shape index (κ3) is 6.25. The molecule has 2 nitrogen and oxygen atoms in total. The smallest absolute Gasteiger partial charge is 0.160 e. The van der Waals surface area contributed by atoms with Crippen molar-refractivity contribution in [1.82, 2.24) is 0 Å². The first-order valence-electron chi connectivity index (χ1n) is 11.3. The molecule has 3 fully saturated rings. The monoisotopic (exact) mass is 384 g/mol. The third-order valence-corrected chi connectivity index (χ3v) is 6.92. The first kappa shape index (κ1) is 21.2. The lowest BCUT2D eigenvalue weighted by atomic mass is 9.82. The predicted octanol–water partition coefficient (Wildman–Crippen LogP) is 6.19. The largest absolute Gasteiger partial charge is 0.375 e. The van der Waals surface area contributed by atoms with E-state index in [-0.39, 0.29) is 0 Å². The molecule has 4 atom stereocenters. The Balaban J connectivity index is 1.36. The highest BCUT2D eigenvalue weighted by molar-refractivity contribution is 4.91. The van der Waals surface area contributed by atoms with Crippen molar-refractivity contribution in [3.8, 4) is 0 Å². The number of rotatable bonds is 7. The Hall–Kier alpha value is -0.480. The van der Waals surface area contributed by atoms with E-state index in [1.807, 2.05) is 0 Å². The predicted molar refractivity (Wildman–Crippen MR) is 105 cm³/mol. The van der Waals surface area contributed by atoms with Gasteiger partial charge in [-0.2, -0.15) is 0 Å². The van der Waals surface area contributed by atoms with Crippen LogP contribution in [0.25, 0.3) is 0 Å². The number of hydrogen-bond acceptors (Lipinski definition) is 2. The highest BCUT2D eigenvalue weighted by atomic mass is 19.2. The molecular formula is C23H38F2O2. The lowest BCUT2D eigenvalue weighted by Gasteiger charge is -2.36. The summed E-state index contributed by atoms with van der Waals surface area (Å²) in [5, 5.41) is 0. The molecule has 3 rings (SSSR count). The summed E-state index contributed by atoms with van der Waals surface area (Å²) in [5.41, 5.74) is 0. The van der Waals surface area contributed by atoms with Crippen LogP contribution >= 0.6 is 0 Å². The summed E-state index contributed by atoms with van der Waals surface area (Å²) in [6.45, 7) is 3.24. The van der Waals surface area contributed by atoms with Crippen LogP contribution in [0.1, 0.15) is 77.6 Å². The Morgan fingerprint density at radius 1 is 0.704 bits per heavy atom. The minimum atomic E-state index is -1.55. The van der Waals surface area contributed by atoms with Gasteiger partial charge in [-0.1, -0.05) is 31.4 Å². The highest BCUT2D eigenvalue weighted by Gasteiger charge is 2.42. The molecule has 3 saturated carbocycles. The molecule has 0 aromatic heterocycles. The summed E-state index contributed by atoms with van der Waals surface area (Å²) in [7, 11) is 0. The summed E-state index contributed by atoms with van der Waals surface area (Å²) >= 11 is 0. The highest BCUT2D eigenvalue weighted by Crippen LogP contribution is 2.34. The second-order valence-electron chi connectivity index (χ2n) is 9.02. The zero-order chi connectivity index (χ0) is 19.1. The van der Waals surface area contributed by atoms with E-state index in [1.54, 1.807) is 0 Å². The average Bonchev–Trinajstić information content (AvgIpc) is 2.70. The van der Waals surface area contributed by atoms with Gasteiger partial charge in [0.05, 0.1) is 12.2 Å². The number of hydrogen-bond donors (Lipinski definition) is 0. The minimum absolute atomic E-state index is 0.497. The summed E-state index contributed by atoms with van der Waals surface area (Å²) in [4.78, 5) is 0. The van der Waals surface area contributed by atoms with Gasteiger partial charge in [0.25, 0.3) is 0 Å². The van der Waals surface area contributed by atoms with Gasteiger partial charge in [-0.05, 0) is 76.0 Å². The number of allylic oxidation sites excluding steroid dienone is 2. The second-order valence-corrected chi connectivity index (χ2v) is 9.02. The molecule has 4 heteroatoms. The first-order valence-corrected chi connectivity index (χ1v) is 11.3. The second kappa shape index (κ2) is 10.9. The van der Waals surface area contributed by atoms with Crippen molar-refractivity contribution in [2.24, 2.45) is 17.8 Å². The maximum Gasteiger partial charge on any atom is 0.160 e. The molecule has 4 unspecified atom stereocenters. The Morgan fingerprint density at radius 2 is 1.22 bits per heavy atom. The van der Waals surface area contributed by atoms with Gasteiger partial charge >= 0.3 is 0 Å². The van der Waals surface area contributed by atoms with Crippen LogP contribution in [0.5, 0.6) is 0 Å². The zero-order valence-electron chi connectivity index (χ0n) is 17.0. The van der Waals surface area contributed by atoms with Crippen molar-refractivity contribution in [2.75, 3.05) is 13.2 Å². The van der Waals surface area contributed by atoms with Crippen molar-refractivity contribution in [2.45, 2.75) is 102 Å². The van der Waals surface area contributed by atoms with E-state index in [1.165, 1.54) is 44.9 Å². The maximum absolute atomic E-state index is 14.6. The quantitative estimate of drug-likeness (QED) is 0.487. The van der Waals surface area contributed by atoms with Crippen molar-refractivity contribution in [3.05, 3.63) is 12.2 Å². The summed E-state index contributed by atoms with van der Waals surface area (Å²) < 4.78 is 40.8. The molecule has 3 aliphatic carbocycles. The fourth-order valence-electron chi connectivity index (χ4n) is 5.10. The standard InChI is InChI=1S/C23H38F2O2/c1-2-6-17-9-11-19(12-10-17)16-27-21-14-13-20(22(24)23(21)25)26-15-18-7-4-3-5-8-18/h2,6,17-23H,3-5,7-16H2,1H3/b6-2+. The Bertz CT molecular complexity index is 442. The zero-order valence-corrected chi connectivity index (χ0v) is 17.0.